The predicted octanol–water partition coefficient (Wildman–Crippen LogP) is 2.32. The quantitative estimate of drug-likeness (QED) is 0.851. The number of hydrogen-bond donors (Lipinski definition) is 1. The Hall–Kier alpha value is -2.35. The third kappa shape index (κ3) is 3.78. The van der Waals surface area contributed by atoms with Crippen molar-refractivity contribution in [2.45, 2.75) is 70.2 Å². The molecule has 1 amide bonds. The number of carbonyl (C=O) groups excluding carboxylic acids is 1. The number of piperidine rings is 1. The van der Waals surface area contributed by atoms with Crippen LogP contribution in [-0.4, -0.2) is 54.2 Å². The largest absolute Gasteiger partial charge is 0.483 e. The van der Waals surface area contributed by atoms with Crippen molar-refractivity contribution in [3.8, 4) is 5.75 Å². The lowest BCUT2D eigenvalue weighted by atomic mass is 9.83. The Balaban J connectivity index is 1.32. The summed E-state index contributed by atoms with van der Waals surface area (Å²) in [4.78, 5) is 14.5. The molecule has 2 aromatic rings. The molecule has 4 rings (SSSR count). The fourth-order valence-corrected chi connectivity index (χ4v) is 4.14. The third-order valence-electron chi connectivity index (χ3n) is 5.83. The molecule has 28 heavy (non-hydrogen) atoms. The van der Waals surface area contributed by atoms with E-state index in [9.17, 15) is 9.90 Å². The summed E-state index contributed by atoms with van der Waals surface area (Å²) in [5.41, 5.74) is 0.236. The molecule has 152 valence electrons. The smallest absolute Gasteiger partial charge is 0.222 e. The van der Waals surface area contributed by atoms with E-state index >= 15 is 0 Å². The molecule has 1 unspecified atom stereocenters. The Morgan fingerprint density at radius 2 is 2.18 bits per heavy atom. The third-order valence-corrected chi connectivity index (χ3v) is 5.83. The first kappa shape index (κ1) is 19.0. The second kappa shape index (κ2) is 7.58. The Labute approximate surface area is 165 Å². The molecule has 0 radical (unpaired) electrons. The van der Waals surface area contributed by atoms with Gasteiger partial charge in [-0.15, -0.1) is 0 Å². The lowest BCUT2D eigenvalue weighted by molar-refractivity contribution is -0.136. The van der Waals surface area contributed by atoms with Crippen LogP contribution in [0, 0.1) is 0 Å². The number of aryl methyl sites for hydroxylation is 1. The summed E-state index contributed by atoms with van der Waals surface area (Å²) in [6, 6.07) is 2.11. The highest BCUT2D eigenvalue weighted by Gasteiger charge is 2.44. The van der Waals surface area contributed by atoms with Crippen LogP contribution in [-0.2, 0) is 11.3 Å². The van der Waals surface area contributed by atoms with Gasteiger partial charge in [0.2, 0.25) is 5.91 Å². The van der Waals surface area contributed by atoms with Gasteiger partial charge in [0.05, 0.1) is 6.20 Å². The summed E-state index contributed by atoms with van der Waals surface area (Å²) in [7, 11) is 0. The number of aromatic nitrogens is 4. The highest BCUT2D eigenvalue weighted by atomic mass is 16.5. The van der Waals surface area contributed by atoms with Crippen LogP contribution in [0.3, 0.4) is 0 Å². The van der Waals surface area contributed by atoms with E-state index in [1.807, 2.05) is 32.7 Å². The summed E-state index contributed by atoms with van der Waals surface area (Å²) in [6.07, 6.45) is 8.27. The van der Waals surface area contributed by atoms with E-state index < -0.39 is 11.7 Å². The van der Waals surface area contributed by atoms with Crippen molar-refractivity contribution in [2.24, 2.45) is 0 Å². The molecule has 0 aromatic carbocycles. The minimum absolute atomic E-state index is 0.187. The van der Waals surface area contributed by atoms with Crippen LogP contribution in [0.4, 0.5) is 0 Å². The van der Waals surface area contributed by atoms with Gasteiger partial charge < -0.3 is 14.7 Å². The number of likely N-dealkylation sites (tertiary alicyclic amines) is 1. The van der Waals surface area contributed by atoms with Gasteiger partial charge in [-0.3, -0.25) is 14.2 Å². The first-order chi connectivity index (χ1) is 13.5. The van der Waals surface area contributed by atoms with Gasteiger partial charge >= 0.3 is 0 Å². The molecular weight excluding hydrogens is 358 g/mol. The minimum Gasteiger partial charge on any atom is -0.483 e. The minimum atomic E-state index is -0.611. The maximum atomic E-state index is 12.5. The maximum Gasteiger partial charge on any atom is 0.222 e. The van der Waals surface area contributed by atoms with Crippen molar-refractivity contribution >= 4 is 5.91 Å². The highest BCUT2D eigenvalue weighted by molar-refractivity contribution is 5.76. The number of hydrogen-bond acceptors (Lipinski definition) is 5. The number of ether oxygens (including phenoxy) is 1. The average molecular weight is 387 g/mol. The summed E-state index contributed by atoms with van der Waals surface area (Å²) in [6.45, 7) is 6.20. The van der Waals surface area contributed by atoms with E-state index in [-0.39, 0.29) is 11.9 Å². The summed E-state index contributed by atoms with van der Waals surface area (Å²) in [5.74, 6) is 0.873. The Morgan fingerprint density at radius 3 is 2.86 bits per heavy atom. The van der Waals surface area contributed by atoms with Crippen LogP contribution in [0.5, 0.6) is 5.75 Å². The van der Waals surface area contributed by atoms with E-state index in [1.165, 1.54) is 0 Å². The van der Waals surface area contributed by atoms with Gasteiger partial charge in [-0.1, -0.05) is 0 Å². The molecule has 2 aromatic heterocycles. The number of carbonyl (C=O) groups is 1. The zero-order valence-electron chi connectivity index (χ0n) is 16.6. The monoisotopic (exact) mass is 387 g/mol. The van der Waals surface area contributed by atoms with Gasteiger partial charge in [0, 0.05) is 63.8 Å². The summed E-state index contributed by atoms with van der Waals surface area (Å²) in [5, 5.41) is 19.3. The van der Waals surface area contributed by atoms with Crippen molar-refractivity contribution in [3.05, 3.63) is 30.4 Å². The zero-order chi connectivity index (χ0) is 19.7. The fourth-order valence-electron chi connectivity index (χ4n) is 4.14. The van der Waals surface area contributed by atoms with Gasteiger partial charge in [0.1, 0.15) is 17.4 Å². The van der Waals surface area contributed by atoms with Gasteiger partial charge in [-0.25, -0.2) is 0 Å². The van der Waals surface area contributed by atoms with Crippen molar-refractivity contribution in [3.63, 3.8) is 0 Å². The van der Waals surface area contributed by atoms with Gasteiger partial charge in [0.25, 0.3) is 0 Å². The molecule has 0 aliphatic carbocycles. The lowest BCUT2D eigenvalue weighted by Gasteiger charge is -2.44. The maximum absolute atomic E-state index is 12.5. The Morgan fingerprint density at radius 1 is 1.39 bits per heavy atom. The van der Waals surface area contributed by atoms with Crippen molar-refractivity contribution in [1.29, 1.82) is 0 Å². The van der Waals surface area contributed by atoms with E-state index in [2.05, 4.69) is 24.0 Å². The first-order valence-corrected chi connectivity index (χ1v) is 10.2. The highest BCUT2D eigenvalue weighted by Crippen LogP contribution is 2.44. The topological polar surface area (TPSA) is 85.4 Å². The van der Waals surface area contributed by atoms with Crippen LogP contribution >= 0.6 is 0 Å². The average Bonchev–Trinajstić information content (AvgIpc) is 3.32. The van der Waals surface area contributed by atoms with Gasteiger partial charge in [0.15, 0.2) is 5.75 Å². The number of amides is 1. The number of nitrogens with zero attached hydrogens (tertiary/aromatic N) is 5. The molecule has 1 fully saturated rings. The van der Waals surface area contributed by atoms with Crippen LogP contribution < -0.4 is 4.74 Å². The number of rotatable bonds is 5. The zero-order valence-corrected chi connectivity index (χ0v) is 16.6. The second-order valence-electron chi connectivity index (χ2n) is 8.21. The van der Waals surface area contributed by atoms with E-state index in [0.717, 1.165) is 25.8 Å². The second-order valence-corrected chi connectivity index (χ2v) is 8.21. The molecule has 1 saturated heterocycles. The van der Waals surface area contributed by atoms with E-state index in [1.54, 1.807) is 6.20 Å². The fraction of sp³-hybridized carbons (Fsp3) is 0.650. The van der Waals surface area contributed by atoms with Crippen molar-refractivity contribution in [2.75, 3.05) is 13.1 Å². The SMILES string of the molecule is CC(C)n1cc2c(n1)C(O)CC1(CCN(C(=O)CCCn3cccn3)CC1)O2. The standard InChI is InChI=1S/C20H29N5O3/c1-15(2)25-14-17-19(22-25)16(26)13-20(28-17)6-11-23(12-7-20)18(27)5-3-9-24-10-4-8-21-24/h4,8,10,14-16,26H,3,5-7,9,11-13H2,1-2H3. The molecule has 2 aliphatic rings. The molecule has 8 nitrogen and oxygen atoms in total. The summed E-state index contributed by atoms with van der Waals surface area (Å²) >= 11 is 0. The molecule has 1 spiro atoms. The molecule has 1 N–H and O–H groups in total. The van der Waals surface area contributed by atoms with E-state index in [4.69, 9.17) is 4.74 Å². The lowest BCUT2D eigenvalue weighted by Crippen LogP contribution is -2.51. The van der Waals surface area contributed by atoms with Gasteiger partial charge in [-0.2, -0.15) is 10.2 Å². The first-order valence-electron chi connectivity index (χ1n) is 10.2. The molecule has 2 aliphatic heterocycles. The molecule has 1 atom stereocenters. The van der Waals surface area contributed by atoms with Gasteiger partial charge in [-0.05, 0) is 26.3 Å². The molecule has 0 bridgehead atoms. The van der Waals surface area contributed by atoms with Crippen LogP contribution in [0.15, 0.2) is 24.7 Å². The molecule has 0 saturated carbocycles. The molecular formula is C20H29N5O3. The Kier molecular flexibility index (Phi) is 5.14. The van der Waals surface area contributed by atoms with Crippen LogP contribution in [0.1, 0.15) is 63.8 Å². The summed E-state index contributed by atoms with van der Waals surface area (Å²) < 4.78 is 10.0. The number of aliphatic hydroxyl groups is 1. The van der Waals surface area contributed by atoms with E-state index in [0.29, 0.717) is 37.4 Å². The van der Waals surface area contributed by atoms with Crippen LogP contribution in [0.25, 0.3) is 0 Å². The normalized spacial score (nSPS) is 21.0. The number of fused-ring (bicyclic) bond motifs is 1. The van der Waals surface area contributed by atoms with Crippen LogP contribution in [0.2, 0.25) is 0 Å². The van der Waals surface area contributed by atoms with Crippen molar-refractivity contribution in [1.82, 2.24) is 24.5 Å². The number of aliphatic hydroxyl groups excluding tert-OH is 1. The molecule has 4 heterocycles. The Bertz CT molecular complexity index is 806. The molecule has 8 heteroatoms. The predicted molar refractivity (Wildman–Crippen MR) is 103 cm³/mol. The van der Waals surface area contributed by atoms with Crippen molar-refractivity contribution < 1.29 is 14.6 Å².